The maximum Gasteiger partial charge on any atom is 0.245 e. The number of anilines is 1. The average Bonchev–Trinajstić information content (AvgIpc) is 3.08. The van der Waals surface area contributed by atoms with E-state index in [1.807, 2.05) is 10.7 Å². The van der Waals surface area contributed by atoms with Crippen LogP contribution in [-0.2, 0) is 11.3 Å². The Morgan fingerprint density at radius 1 is 1.35 bits per heavy atom. The van der Waals surface area contributed by atoms with Gasteiger partial charge in [-0.1, -0.05) is 42.5 Å². The number of carbonyl (C=O) groups excluding carboxylic acids is 1. The molecule has 23 heavy (non-hydrogen) atoms. The molecule has 8 heteroatoms. The van der Waals surface area contributed by atoms with Crippen molar-refractivity contribution in [2.75, 3.05) is 5.32 Å². The quantitative estimate of drug-likeness (QED) is 0.905. The van der Waals surface area contributed by atoms with Gasteiger partial charge in [-0.25, -0.2) is 9.67 Å². The summed E-state index contributed by atoms with van der Waals surface area (Å²) in [6.45, 7) is 1.83. The molecule has 124 valence electrons. The molecule has 0 bridgehead atoms. The minimum absolute atomic E-state index is 0.0697. The number of imidazole rings is 1. The van der Waals surface area contributed by atoms with E-state index in [1.54, 1.807) is 17.7 Å². The van der Waals surface area contributed by atoms with Crippen molar-refractivity contribution in [3.8, 4) is 0 Å². The molecule has 1 fully saturated rings. The number of carbonyl (C=O) groups is 1. The average molecular weight is 356 g/mol. The SMILES string of the molecule is Cc1nc(Cl)c(Cl)n1CC(=O)Nc1ccnn1C1CCCCC1. The van der Waals surface area contributed by atoms with Gasteiger partial charge in [0, 0.05) is 6.07 Å². The monoisotopic (exact) mass is 355 g/mol. The maximum absolute atomic E-state index is 12.3. The summed E-state index contributed by atoms with van der Waals surface area (Å²) in [6.07, 6.45) is 7.62. The number of hydrogen-bond acceptors (Lipinski definition) is 3. The van der Waals surface area contributed by atoms with Crippen molar-refractivity contribution in [2.24, 2.45) is 0 Å². The molecule has 2 heterocycles. The molecule has 0 unspecified atom stereocenters. The molecule has 1 aliphatic rings. The Bertz CT molecular complexity index is 703. The summed E-state index contributed by atoms with van der Waals surface area (Å²) in [4.78, 5) is 16.4. The predicted octanol–water partition coefficient (Wildman–Crippen LogP) is 3.84. The second-order valence-electron chi connectivity index (χ2n) is 5.83. The molecule has 0 aliphatic heterocycles. The molecule has 2 aromatic rings. The lowest BCUT2D eigenvalue weighted by atomic mass is 9.96. The Balaban J connectivity index is 1.70. The molecule has 1 amide bonds. The first kappa shape index (κ1) is 16.3. The van der Waals surface area contributed by atoms with Crippen molar-refractivity contribution in [2.45, 2.75) is 51.6 Å². The van der Waals surface area contributed by atoms with E-state index in [0.717, 1.165) is 18.7 Å². The minimum Gasteiger partial charge on any atom is -0.309 e. The van der Waals surface area contributed by atoms with Gasteiger partial charge in [0.25, 0.3) is 0 Å². The number of amides is 1. The molecular formula is C15H19Cl2N5O. The van der Waals surface area contributed by atoms with Gasteiger partial charge in [0.15, 0.2) is 5.15 Å². The summed E-state index contributed by atoms with van der Waals surface area (Å²) in [5.74, 6) is 1.15. The van der Waals surface area contributed by atoms with Crippen LogP contribution < -0.4 is 5.32 Å². The lowest BCUT2D eigenvalue weighted by Gasteiger charge is -2.24. The molecule has 0 atom stereocenters. The smallest absolute Gasteiger partial charge is 0.245 e. The van der Waals surface area contributed by atoms with Crippen molar-refractivity contribution in [1.29, 1.82) is 0 Å². The molecule has 0 saturated heterocycles. The van der Waals surface area contributed by atoms with Gasteiger partial charge in [0.1, 0.15) is 23.3 Å². The van der Waals surface area contributed by atoms with Crippen molar-refractivity contribution in [3.05, 3.63) is 28.4 Å². The molecule has 1 saturated carbocycles. The Labute approximate surface area is 144 Å². The van der Waals surface area contributed by atoms with E-state index in [4.69, 9.17) is 23.2 Å². The third-order valence-electron chi connectivity index (χ3n) is 4.22. The van der Waals surface area contributed by atoms with E-state index in [1.165, 1.54) is 19.3 Å². The molecule has 1 N–H and O–H groups in total. The zero-order valence-corrected chi connectivity index (χ0v) is 14.4. The summed E-state index contributed by atoms with van der Waals surface area (Å²) in [5, 5.41) is 7.78. The fourth-order valence-electron chi connectivity index (χ4n) is 3.04. The fourth-order valence-corrected chi connectivity index (χ4v) is 3.49. The van der Waals surface area contributed by atoms with E-state index in [9.17, 15) is 4.79 Å². The van der Waals surface area contributed by atoms with Gasteiger partial charge in [-0.05, 0) is 19.8 Å². The van der Waals surface area contributed by atoms with Crippen LogP contribution in [0.2, 0.25) is 10.3 Å². The molecule has 0 spiro atoms. The number of aryl methyl sites for hydroxylation is 1. The first-order valence-electron chi connectivity index (χ1n) is 7.77. The lowest BCUT2D eigenvalue weighted by Crippen LogP contribution is -2.23. The summed E-state index contributed by atoms with van der Waals surface area (Å²) in [6, 6.07) is 2.18. The second kappa shape index (κ2) is 6.93. The van der Waals surface area contributed by atoms with Crippen LogP contribution in [0.3, 0.4) is 0 Å². The molecule has 0 aromatic carbocycles. The summed E-state index contributed by atoms with van der Waals surface area (Å²) in [5.41, 5.74) is 0. The van der Waals surface area contributed by atoms with Gasteiger partial charge < -0.3 is 9.88 Å². The highest BCUT2D eigenvalue weighted by molar-refractivity contribution is 6.40. The molecular weight excluding hydrogens is 337 g/mol. The summed E-state index contributed by atoms with van der Waals surface area (Å²) < 4.78 is 3.51. The van der Waals surface area contributed by atoms with Crippen molar-refractivity contribution in [3.63, 3.8) is 0 Å². The van der Waals surface area contributed by atoms with Gasteiger partial charge in [-0.15, -0.1) is 0 Å². The van der Waals surface area contributed by atoms with E-state index in [-0.39, 0.29) is 22.8 Å². The second-order valence-corrected chi connectivity index (χ2v) is 6.54. The number of hydrogen-bond donors (Lipinski definition) is 1. The van der Waals surface area contributed by atoms with Gasteiger partial charge in [-0.2, -0.15) is 5.10 Å². The highest BCUT2D eigenvalue weighted by Crippen LogP contribution is 2.30. The lowest BCUT2D eigenvalue weighted by molar-refractivity contribution is -0.116. The fraction of sp³-hybridized carbons (Fsp3) is 0.533. The van der Waals surface area contributed by atoms with Crippen LogP contribution >= 0.6 is 23.2 Å². The normalized spacial score (nSPS) is 15.8. The third-order valence-corrected chi connectivity index (χ3v) is 4.96. The molecule has 0 radical (unpaired) electrons. The first-order valence-corrected chi connectivity index (χ1v) is 8.53. The van der Waals surface area contributed by atoms with Crippen LogP contribution in [0.15, 0.2) is 12.3 Å². The zero-order valence-electron chi connectivity index (χ0n) is 12.9. The van der Waals surface area contributed by atoms with Crippen molar-refractivity contribution < 1.29 is 4.79 Å². The zero-order chi connectivity index (χ0) is 16.4. The van der Waals surface area contributed by atoms with Crippen LogP contribution in [0, 0.1) is 6.92 Å². The van der Waals surface area contributed by atoms with Gasteiger partial charge >= 0.3 is 0 Å². The summed E-state index contributed by atoms with van der Waals surface area (Å²) in [7, 11) is 0. The van der Waals surface area contributed by atoms with E-state index >= 15 is 0 Å². The van der Waals surface area contributed by atoms with Crippen LogP contribution in [0.1, 0.15) is 44.0 Å². The minimum atomic E-state index is -0.179. The van der Waals surface area contributed by atoms with Gasteiger partial charge in [0.05, 0.1) is 12.2 Å². The molecule has 2 aromatic heterocycles. The Kier molecular flexibility index (Phi) is 4.92. The van der Waals surface area contributed by atoms with E-state index in [0.29, 0.717) is 11.9 Å². The van der Waals surface area contributed by atoms with Crippen molar-refractivity contribution in [1.82, 2.24) is 19.3 Å². The van der Waals surface area contributed by atoms with Gasteiger partial charge in [0.2, 0.25) is 5.91 Å². The first-order chi connectivity index (χ1) is 11.1. The van der Waals surface area contributed by atoms with Crippen LogP contribution in [-0.4, -0.2) is 25.2 Å². The van der Waals surface area contributed by atoms with Crippen LogP contribution in [0.25, 0.3) is 0 Å². The Morgan fingerprint density at radius 3 is 2.74 bits per heavy atom. The standard InChI is InChI=1S/C15H19Cl2N5O/c1-10-19-14(16)15(17)21(10)9-13(23)20-12-7-8-18-22(12)11-5-3-2-4-6-11/h7-8,11H,2-6,9H2,1H3,(H,20,23). The number of aromatic nitrogens is 4. The van der Waals surface area contributed by atoms with E-state index in [2.05, 4.69) is 15.4 Å². The number of rotatable bonds is 4. The third kappa shape index (κ3) is 3.53. The number of nitrogens with one attached hydrogen (secondary N) is 1. The number of nitrogens with zero attached hydrogens (tertiary/aromatic N) is 4. The molecule has 6 nitrogen and oxygen atoms in total. The summed E-state index contributed by atoms with van der Waals surface area (Å²) >= 11 is 11.9. The Morgan fingerprint density at radius 2 is 2.09 bits per heavy atom. The number of halogens is 2. The van der Waals surface area contributed by atoms with Gasteiger partial charge in [-0.3, -0.25) is 4.79 Å². The predicted molar refractivity (Wildman–Crippen MR) is 90.0 cm³/mol. The molecule has 3 rings (SSSR count). The topological polar surface area (TPSA) is 64.7 Å². The molecule has 1 aliphatic carbocycles. The largest absolute Gasteiger partial charge is 0.309 e. The maximum atomic E-state index is 12.3. The van der Waals surface area contributed by atoms with Crippen molar-refractivity contribution >= 4 is 34.9 Å². The Hall–Kier alpha value is -1.53. The highest BCUT2D eigenvalue weighted by atomic mass is 35.5. The van der Waals surface area contributed by atoms with E-state index < -0.39 is 0 Å². The van der Waals surface area contributed by atoms with Crippen LogP contribution in [0.5, 0.6) is 0 Å². The highest BCUT2D eigenvalue weighted by Gasteiger charge is 2.20. The van der Waals surface area contributed by atoms with Crippen LogP contribution in [0.4, 0.5) is 5.82 Å².